The van der Waals surface area contributed by atoms with Gasteiger partial charge in [-0.3, -0.25) is 4.79 Å². The van der Waals surface area contributed by atoms with Gasteiger partial charge in [0.25, 0.3) is 0 Å². The number of carboxylic acids is 1. The van der Waals surface area contributed by atoms with Gasteiger partial charge in [-0.05, 0) is 56.2 Å². The van der Waals surface area contributed by atoms with Gasteiger partial charge < -0.3 is 10.4 Å². The summed E-state index contributed by atoms with van der Waals surface area (Å²) in [6, 6.07) is 4.79. The molecule has 0 aliphatic heterocycles. The first-order chi connectivity index (χ1) is 12.1. The molecule has 2 N–H and O–H groups in total. The third-order valence-electron chi connectivity index (χ3n) is 4.85. The molecule has 0 aromatic heterocycles. The minimum absolute atomic E-state index is 0.229. The van der Waals surface area contributed by atoms with E-state index >= 15 is 0 Å². The lowest BCUT2D eigenvalue weighted by Gasteiger charge is -2.30. The van der Waals surface area contributed by atoms with E-state index in [9.17, 15) is 9.18 Å². The number of allylic oxidation sites excluding steroid dienone is 2. The van der Waals surface area contributed by atoms with E-state index in [-0.39, 0.29) is 12.2 Å². The van der Waals surface area contributed by atoms with Crippen molar-refractivity contribution in [3.05, 3.63) is 46.8 Å². The minimum atomic E-state index is -0.734. The second-order valence-corrected chi connectivity index (χ2v) is 7.23. The van der Waals surface area contributed by atoms with E-state index in [2.05, 4.69) is 17.5 Å². The number of rotatable bonds is 9. The summed E-state index contributed by atoms with van der Waals surface area (Å²) in [7, 11) is 0. The van der Waals surface area contributed by atoms with Gasteiger partial charge in [0.05, 0.1) is 0 Å². The van der Waals surface area contributed by atoms with Crippen molar-refractivity contribution >= 4 is 17.6 Å². The Morgan fingerprint density at radius 3 is 2.92 bits per heavy atom. The van der Waals surface area contributed by atoms with E-state index in [1.54, 1.807) is 12.1 Å². The first kappa shape index (κ1) is 19.9. The molecule has 1 fully saturated rings. The molecule has 1 aromatic carbocycles. The normalized spacial score (nSPS) is 20.9. The molecular formula is C20H27ClFNO2. The quantitative estimate of drug-likeness (QED) is 0.466. The largest absolute Gasteiger partial charge is 0.481 e. The van der Waals surface area contributed by atoms with Crippen LogP contribution in [0.4, 0.5) is 4.39 Å². The highest BCUT2D eigenvalue weighted by atomic mass is 35.5. The van der Waals surface area contributed by atoms with Gasteiger partial charge in [0, 0.05) is 23.6 Å². The predicted molar refractivity (Wildman–Crippen MR) is 99.2 cm³/mol. The van der Waals surface area contributed by atoms with Crippen LogP contribution in [0.5, 0.6) is 0 Å². The number of halogens is 2. The fourth-order valence-electron chi connectivity index (χ4n) is 3.44. The molecule has 1 aliphatic carbocycles. The molecule has 5 heteroatoms. The van der Waals surface area contributed by atoms with Crippen LogP contribution in [0.3, 0.4) is 0 Å². The van der Waals surface area contributed by atoms with Gasteiger partial charge in [-0.1, -0.05) is 42.7 Å². The Morgan fingerprint density at radius 2 is 2.16 bits per heavy atom. The van der Waals surface area contributed by atoms with E-state index in [0.717, 1.165) is 13.0 Å². The minimum Gasteiger partial charge on any atom is -0.481 e. The molecule has 0 amide bonds. The fourth-order valence-corrected chi connectivity index (χ4v) is 3.60. The zero-order valence-corrected chi connectivity index (χ0v) is 15.3. The Balaban J connectivity index is 1.77. The maximum atomic E-state index is 13.8. The molecule has 2 rings (SSSR count). The summed E-state index contributed by atoms with van der Waals surface area (Å²) in [6.07, 6.45) is 11.0. The second-order valence-electron chi connectivity index (χ2n) is 6.79. The van der Waals surface area contributed by atoms with Crippen molar-refractivity contribution in [2.45, 2.75) is 51.5 Å². The summed E-state index contributed by atoms with van der Waals surface area (Å²) >= 11 is 5.78. The number of hydrogen-bond acceptors (Lipinski definition) is 2. The number of carbonyl (C=O) groups is 1. The van der Waals surface area contributed by atoms with Crippen molar-refractivity contribution < 1.29 is 14.3 Å². The fraction of sp³-hybridized carbons (Fsp3) is 0.550. The van der Waals surface area contributed by atoms with Gasteiger partial charge in [-0.25, -0.2) is 4.39 Å². The number of unbranched alkanes of at least 4 members (excludes halogenated alkanes) is 1. The number of aliphatic carboxylic acids is 1. The summed E-state index contributed by atoms with van der Waals surface area (Å²) < 4.78 is 13.8. The maximum Gasteiger partial charge on any atom is 0.303 e. The first-order valence-corrected chi connectivity index (χ1v) is 9.47. The Bertz CT molecular complexity index is 591. The predicted octanol–water partition coefficient (Wildman–Crippen LogP) is 5.19. The molecule has 1 aromatic rings. The Labute approximate surface area is 154 Å². The van der Waals surface area contributed by atoms with Crippen LogP contribution in [0.25, 0.3) is 0 Å². The number of hydrogen-bond donors (Lipinski definition) is 2. The van der Waals surface area contributed by atoms with E-state index in [1.807, 2.05) is 0 Å². The van der Waals surface area contributed by atoms with Gasteiger partial charge >= 0.3 is 5.97 Å². The molecule has 1 aliphatic rings. The third kappa shape index (κ3) is 7.17. The highest BCUT2D eigenvalue weighted by Gasteiger charge is 2.22. The second kappa shape index (κ2) is 10.6. The standard InChI is InChI=1S/C20H27ClFNO2/c21-18-11-10-17(19(22)12-18)14-23-13-16-8-5-4-7-15(16)6-2-1-3-9-20(24)25/h2,6,10-12,15-16,23H,1,3-5,7-9,13-14H2,(H,24,25)/b6-2-/t15-,16+/m0/s1. The topological polar surface area (TPSA) is 49.3 Å². The molecule has 0 bridgehead atoms. The smallest absolute Gasteiger partial charge is 0.303 e. The number of nitrogens with one attached hydrogen (secondary N) is 1. The zero-order valence-electron chi connectivity index (χ0n) is 14.5. The van der Waals surface area contributed by atoms with Crippen molar-refractivity contribution in [3.63, 3.8) is 0 Å². The molecule has 0 radical (unpaired) electrons. The highest BCUT2D eigenvalue weighted by molar-refractivity contribution is 6.30. The van der Waals surface area contributed by atoms with Gasteiger partial charge in [-0.15, -0.1) is 0 Å². The molecule has 3 nitrogen and oxygen atoms in total. The van der Waals surface area contributed by atoms with Crippen LogP contribution in [-0.4, -0.2) is 17.6 Å². The average Bonchev–Trinajstić information content (AvgIpc) is 2.57. The van der Waals surface area contributed by atoms with Crippen LogP contribution < -0.4 is 5.32 Å². The molecule has 1 saturated carbocycles. The first-order valence-electron chi connectivity index (χ1n) is 9.09. The molecule has 2 atom stereocenters. The van der Waals surface area contributed by atoms with Crippen molar-refractivity contribution in [1.82, 2.24) is 5.32 Å². The molecule has 0 heterocycles. The Morgan fingerprint density at radius 1 is 1.36 bits per heavy atom. The van der Waals surface area contributed by atoms with E-state index in [4.69, 9.17) is 16.7 Å². The lowest BCUT2D eigenvalue weighted by molar-refractivity contribution is -0.137. The summed E-state index contributed by atoms with van der Waals surface area (Å²) in [4.78, 5) is 10.5. The Hall–Kier alpha value is -1.39. The van der Waals surface area contributed by atoms with Crippen LogP contribution in [0.2, 0.25) is 5.02 Å². The van der Waals surface area contributed by atoms with E-state index in [1.165, 1.54) is 31.7 Å². The molecule has 0 saturated heterocycles. The molecule has 0 spiro atoms. The van der Waals surface area contributed by atoms with Crippen LogP contribution >= 0.6 is 11.6 Å². The van der Waals surface area contributed by atoms with Gasteiger partial charge in [0.2, 0.25) is 0 Å². The summed E-state index contributed by atoms with van der Waals surface area (Å²) in [6.45, 7) is 1.38. The average molecular weight is 368 g/mol. The van der Waals surface area contributed by atoms with Crippen molar-refractivity contribution in [1.29, 1.82) is 0 Å². The van der Waals surface area contributed by atoms with Crippen LogP contribution in [0.1, 0.15) is 50.5 Å². The van der Waals surface area contributed by atoms with Gasteiger partial charge in [-0.2, -0.15) is 0 Å². The third-order valence-corrected chi connectivity index (χ3v) is 5.08. The van der Waals surface area contributed by atoms with Crippen molar-refractivity contribution in [2.24, 2.45) is 11.8 Å². The van der Waals surface area contributed by atoms with Gasteiger partial charge in [0.1, 0.15) is 5.82 Å². The maximum absolute atomic E-state index is 13.8. The van der Waals surface area contributed by atoms with Gasteiger partial charge in [0.15, 0.2) is 0 Å². The van der Waals surface area contributed by atoms with Crippen LogP contribution in [-0.2, 0) is 11.3 Å². The van der Waals surface area contributed by atoms with Crippen molar-refractivity contribution in [3.8, 4) is 0 Å². The van der Waals surface area contributed by atoms with E-state index in [0.29, 0.717) is 35.4 Å². The SMILES string of the molecule is O=C(O)CCC/C=C\[C@H]1CCCC[C@@H]1CNCc1ccc(Cl)cc1F. The van der Waals surface area contributed by atoms with Crippen LogP contribution in [0, 0.1) is 17.7 Å². The van der Waals surface area contributed by atoms with Crippen molar-refractivity contribution in [2.75, 3.05) is 6.54 Å². The lowest BCUT2D eigenvalue weighted by atomic mass is 9.79. The summed E-state index contributed by atoms with van der Waals surface area (Å²) in [5.74, 6) is 0.0853. The summed E-state index contributed by atoms with van der Waals surface area (Å²) in [5, 5.41) is 12.5. The molecule has 0 unspecified atom stereocenters. The Kier molecular flexibility index (Phi) is 8.42. The molecule has 138 valence electrons. The number of benzene rings is 1. The summed E-state index contributed by atoms with van der Waals surface area (Å²) in [5.41, 5.74) is 0.640. The molecule has 25 heavy (non-hydrogen) atoms. The highest BCUT2D eigenvalue weighted by Crippen LogP contribution is 2.31. The lowest BCUT2D eigenvalue weighted by Crippen LogP contribution is -2.29. The molecular weight excluding hydrogens is 341 g/mol. The van der Waals surface area contributed by atoms with E-state index < -0.39 is 5.97 Å². The number of carboxylic acid groups (broad SMARTS) is 1. The van der Waals surface area contributed by atoms with Crippen LogP contribution in [0.15, 0.2) is 30.4 Å². The zero-order chi connectivity index (χ0) is 18.1. The monoisotopic (exact) mass is 367 g/mol.